The molecule has 1 aromatic heterocycles. The molecule has 0 aliphatic rings. The van der Waals surface area contributed by atoms with Gasteiger partial charge in [-0.1, -0.05) is 13.3 Å². The Morgan fingerprint density at radius 3 is 2.95 bits per heavy atom. The SMILES string of the molecule is CCCCN=C(NCC)NCCOc1cccnc1. The molecule has 0 aliphatic carbocycles. The van der Waals surface area contributed by atoms with Gasteiger partial charge in [0.15, 0.2) is 5.96 Å². The number of aliphatic imine (C=N–C) groups is 1. The van der Waals surface area contributed by atoms with E-state index >= 15 is 0 Å². The smallest absolute Gasteiger partial charge is 0.191 e. The second kappa shape index (κ2) is 10.2. The Hall–Kier alpha value is -1.78. The van der Waals surface area contributed by atoms with Gasteiger partial charge in [-0.15, -0.1) is 0 Å². The van der Waals surface area contributed by atoms with Crippen LogP contribution in [0, 0.1) is 0 Å². The van der Waals surface area contributed by atoms with E-state index in [2.05, 4.69) is 34.5 Å². The summed E-state index contributed by atoms with van der Waals surface area (Å²) < 4.78 is 5.55. The van der Waals surface area contributed by atoms with Crippen LogP contribution in [-0.2, 0) is 0 Å². The minimum Gasteiger partial charge on any atom is -0.490 e. The lowest BCUT2D eigenvalue weighted by molar-refractivity contribution is 0.320. The summed E-state index contributed by atoms with van der Waals surface area (Å²) in [4.78, 5) is 8.47. The van der Waals surface area contributed by atoms with Crippen molar-refractivity contribution < 1.29 is 4.74 Å². The van der Waals surface area contributed by atoms with Gasteiger partial charge in [-0.2, -0.15) is 0 Å². The first-order valence-corrected chi connectivity index (χ1v) is 6.91. The van der Waals surface area contributed by atoms with Gasteiger partial charge in [0.2, 0.25) is 0 Å². The number of unbranched alkanes of at least 4 members (excludes halogenated alkanes) is 1. The van der Waals surface area contributed by atoms with Crippen LogP contribution in [-0.4, -0.2) is 37.2 Å². The van der Waals surface area contributed by atoms with Crippen molar-refractivity contribution in [1.29, 1.82) is 0 Å². The predicted molar refractivity (Wildman–Crippen MR) is 78.6 cm³/mol. The maximum absolute atomic E-state index is 5.55. The van der Waals surface area contributed by atoms with Crippen LogP contribution in [0.25, 0.3) is 0 Å². The zero-order chi connectivity index (χ0) is 13.8. The minimum absolute atomic E-state index is 0.587. The number of aromatic nitrogens is 1. The Bertz CT molecular complexity index is 354. The lowest BCUT2D eigenvalue weighted by Gasteiger charge is -2.11. The fraction of sp³-hybridized carbons (Fsp3) is 0.571. The van der Waals surface area contributed by atoms with E-state index in [9.17, 15) is 0 Å². The van der Waals surface area contributed by atoms with Crippen molar-refractivity contribution >= 4 is 5.96 Å². The van der Waals surface area contributed by atoms with Gasteiger partial charge in [0.05, 0.1) is 12.7 Å². The molecule has 0 fully saturated rings. The highest BCUT2D eigenvalue weighted by Crippen LogP contribution is 2.04. The number of hydrogen-bond donors (Lipinski definition) is 2. The number of ether oxygens (including phenoxy) is 1. The van der Waals surface area contributed by atoms with Crippen LogP contribution >= 0.6 is 0 Å². The summed E-state index contributed by atoms with van der Waals surface area (Å²) >= 11 is 0. The van der Waals surface area contributed by atoms with Gasteiger partial charge >= 0.3 is 0 Å². The molecule has 0 aromatic carbocycles. The molecule has 19 heavy (non-hydrogen) atoms. The van der Waals surface area contributed by atoms with Crippen molar-refractivity contribution in [3.63, 3.8) is 0 Å². The highest BCUT2D eigenvalue weighted by molar-refractivity contribution is 5.79. The molecule has 0 radical (unpaired) electrons. The van der Waals surface area contributed by atoms with Crippen LogP contribution in [0.3, 0.4) is 0 Å². The van der Waals surface area contributed by atoms with Gasteiger partial charge in [-0.25, -0.2) is 0 Å². The highest BCUT2D eigenvalue weighted by atomic mass is 16.5. The Kier molecular flexibility index (Phi) is 8.18. The topological polar surface area (TPSA) is 58.5 Å². The number of pyridine rings is 1. The first kappa shape index (κ1) is 15.3. The Balaban J connectivity index is 2.22. The molecule has 0 saturated heterocycles. The standard InChI is InChI=1S/C14H24N4O/c1-3-5-9-17-14(16-4-2)18-10-11-19-13-7-6-8-15-12-13/h6-8,12H,3-5,9-11H2,1-2H3,(H2,16,17,18). The van der Waals surface area contributed by atoms with Gasteiger partial charge < -0.3 is 15.4 Å². The van der Waals surface area contributed by atoms with E-state index in [1.807, 2.05) is 12.1 Å². The molecule has 106 valence electrons. The molecular formula is C14H24N4O. The predicted octanol–water partition coefficient (Wildman–Crippen LogP) is 1.82. The van der Waals surface area contributed by atoms with Crippen LogP contribution < -0.4 is 15.4 Å². The van der Waals surface area contributed by atoms with Crippen LogP contribution in [0.4, 0.5) is 0 Å². The van der Waals surface area contributed by atoms with Crippen molar-refractivity contribution in [1.82, 2.24) is 15.6 Å². The number of rotatable bonds is 8. The third-order valence-electron chi connectivity index (χ3n) is 2.42. The zero-order valence-electron chi connectivity index (χ0n) is 11.9. The van der Waals surface area contributed by atoms with E-state index in [-0.39, 0.29) is 0 Å². The molecule has 1 rings (SSSR count). The van der Waals surface area contributed by atoms with Gasteiger partial charge in [0.25, 0.3) is 0 Å². The van der Waals surface area contributed by atoms with Crippen molar-refractivity contribution in [3.8, 4) is 5.75 Å². The summed E-state index contributed by atoms with van der Waals surface area (Å²) in [5.74, 6) is 1.64. The summed E-state index contributed by atoms with van der Waals surface area (Å²) in [6.45, 7) is 7.24. The Labute approximate surface area is 115 Å². The molecule has 0 saturated carbocycles. The lowest BCUT2D eigenvalue weighted by Crippen LogP contribution is -2.39. The molecule has 2 N–H and O–H groups in total. The molecule has 5 nitrogen and oxygen atoms in total. The van der Waals surface area contributed by atoms with E-state index in [0.717, 1.165) is 37.6 Å². The fourth-order valence-corrected chi connectivity index (χ4v) is 1.46. The van der Waals surface area contributed by atoms with Gasteiger partial charge in [-0.05, 0) is 25.5 Å². The lowest BCUT2D eigenvalue weighted by atomic mass is 10.3. The normalized spacial score (nSPS) is 11.2. The summed E-state index contributed by atoms with van der Waals surface area (Å²) in [5.41, 5.74) is 0. The summed E-state index contributed by atoms with van der Waals surface area (Å²) in [5, 5.41) is 6.45. The zero-order valence-corrected chi connectivity index (χ0v) is 11.9. The summed E-state index contributed by atoms with van der Waals surface area (Å²) in [6.07, 6.45) is 5.71. The first-order chi connectivity index (χ1) is 9.36. The Morgan fingerprint density at radius 2 is 2.26 bits per heavy atom. The van der Waals surface area contributed by atoms with Crippen LogP contribution in [0.5, 0.6) is 5.75 Å². The molecular weight excluding hydrogens is 240 g/mol. The molecule has 5 heteroatoms. The number of hydrogen-bond acceptors (Lipinski definition) is 3. The third kappa shape index (κ3) is 7.28. The van der Waals surface area contributed by atoms with Crippen molar-refractivity contribution in [2.24, 2.45) is 4.99 Å². The van der Waals surface area contributed by atoms with E-state index in [0.29, 0.717) is 13.2 Å². The number of guanidine groups is 1. The molecule has 1 aromatic rings. The van der Waals surface area contributed by atoms with Crippen LogP contribution in [0.2, 0.25) is 0 Å². The summed E-state index contributed by atoms with van der Waals surface area (Å²) in [7, 11) is 0. The average Bonchev–Trinajstić information content (AvgIpc) is 2.45. The molecule has 0 bridgehead atoms. The molecule has 0 amide bonds. The molecule has 0 unspecified atom stereocenters. The summed E-state index contributed by atoms with van der Waals surface area (Å²) in [6, 6.07) is 3.76. The van der Waals surface area contributed by atoms with Crippen molar-refractivity contribution in [3.05, 3.63) is 24.5 Å². The maximum Gasteiger partial charge on any atom is 0.191 e. The minimum atomic E-state index is 0.587. The second-order valence-electron chi connectivity index (χ2n) is 4.08. The van der Waals surface area contributed by atoms with Gasteiger partial charge in [-0.3, -0.25) is 9.98 Å². The Morgan fingerprint density at radius 1 is 1.37 bits per heavy atom. The molecule has 1 heterocycles. The monoisotopic (exact) mass is 264 g/mol. The van der Waals surface area contributed by atoms with E-state index in [4.69, 9.17) is 4.74 Å². The fourth-order valence-electron chi connectivity index (χ4n) is 1.46. The van der Waals surface area contributed by atoms with Crippen LogP contribution in [0.1, 0.15) is 26.7 Å². The number of nitrogens with one attached hydrogen (secondary N) is 2. The third-order valence-corrected chi connectivity index (χ3v) is 2.42. The molecule has 0 atom stereocenters. The number of nitrogens with zero attached hydrogens (tertiary/aromatic N) is 2. The molecule has 0 aliphatic heterocycles. The van der Waals surface area contributed by atoms with Crippen molar-refractivity contribution in [2.45, 2.75) is 26.7 Å². The van der Waals surface area contributed by atoms with Crippen molar-refractivity contribution in [2.75, 3.05) is 26.2 Å². The van der Waals surface area contributed by atoms with Crippen LogP contribution in [0.15, 0.2) is 29.5 Å². The first-order valence-electron chi connectivity index (χ1n) is 6.91. The largest absolute Gasteiger partial charge is 0.490 e. The van der Waals surface area contributed by atoms with E-state index in [1.165, 1.54) is 0 Å². The molecule has 0 spiro atoms. The quantitative estimate of drug-likeness (QED) is 0.427. The second-order valence-corrected chi connectivity index (χ2v) is 4.08. The highest BCUT2D eigenvalue weighted by Gasteiger charge is 1.97. The van der Waals surface area contributed by atoms with Gasteiger partial charge in [0, 0.05) is 19.3 Å². The average molecular weight is 264 g/mol. The van der Waals surface area contributed by atoms with E-state index < -0.39 is 0 Å². The van der Waals surface area contributed by atoms with Gasteiger partial charge in [0.1, 0.15) is 12.4 Å². The maximum atomic E-state index is 5.55. The van der Waals surface area contributed by atoms with E-state index in [1.54, 1.807) is 12.4 Å².